The summed E-state index contributed by atoms with van der Waals surface area (Å²) in [5.74, 6) is 0. The lowest BCUT2D eigenvalue weighted by molar-refractivity contribution is 0.591. The molecule has 4 heterocycles. The molecule has 0 bridgehead atoms. The number of para-hydroxylation sites is 2. The van der Waals surface area contributed by atoms with Crippen LogP contribution in [0.5, 0.6) is 0 Å². The molecule has 4 heteroatoms. The number of aromatic nitrogens is 2. The maximum atomic E-state index is 2.73. The molecule has 19 rings (SSSR count). The Morgan fingerprint density at radius 3 is 1.47 bits per heavy atom. The first-order valence-electron chi connectivity index (χ1n) is 32.7. The molecule has 0 saturated carbocycles. The average Bonchev–Trinajstić information content (AvgIpc) is 1.55. The van der Waals surface area contributed by atoms with Gasteiger partial charge in [0, 0.05) is 55.4 Å². The molecule has 0 amide bonds. The maximum Gasteiger partial charge on any atom is 0.252 e. The van der Waals surface area contributed by atoms with Crippen molar-refractivity contribution in [3.8, 4) is 67.0 Å². The zero-order chi connectivity index (χ0) is 61.7. The van der Waals surface area contributed by atoms with E-state index >= 15 is 0 Å². The highest BCUT2D eigenvalue weighted by atomic mass is 15.2. The van der Waals surface area contributed by atoms with Crippen molar-refractivity contribution in [1.29, 1.82) is 0 Å². The van der Waals surface area contributed by atoms with Crippen LogP contribution in [0.2, 0.25) is 0 Å². The van der Waals surface area contributed by atoms with Crippen LogP contribution in [-0.2, 0) is 10.8 Å². The Bertz CT molecular complexity index is 5590. The van der Waals surface area contributed by atoms with Crippen molar-refractivity contribution in [3.63, 3.8) is 0 Å². The lowest BCUT2D eigenvalue weighted by Crippen LogP contribution is -2.60. The van der Waals surface area contributed by atoms with E-state index in [4.69, 9.17) is 0 Å². The molecule has 2 aromatic heterocycles. The van der Waals surface area contributed by atoms with Crippen LogP contribution >= 0.6 is 0 Å². The van der Waals surface area contributed by atoms with Gasteiger partial charge in [-0.2, -0.15) is 0 Å². The van der Waals surface area contributed by atoms with Gasteiger partial charge in [0.05, 0.1) is 33.2 Å². The molecule has 93 heavy (non-hydrogen) atoms. The highest BCUT2D eigenvalue weighted by Crippen LogP contribution is 2.60. The van der Waals surface area contributed by atoms with Gasteiger partial charge >= 0.3 is 0 Å². The third-order valence-electron chi connectivity index (χ3n) is 20.7. The lowest BCUT2D eigenvalue weighted by atomic mass is 9.33. The van der Waals surface area contributed by atoms with Crippen LogP contribution in [0.3, 0.4) is 0 Å². The van der Waals surface area contributed by atoms with Gasteiger partial charge in [-0.1, -0.05) is 276 Å². The summed E-state index contributed by atoms with van der Waals surface area (Å²) in [5, 5.41) is 4.94. The van der Waals surface area contributed by atoms with Gasteiger partial charge in [-0.3, -0.25) is 0 Å². The molecular formula is C89H62BN3. The molecule has 3 aliphatic rings. The number of hydrogen-bond acceptors (Lipinski definition) is 1. The standard InChI is InChI=1S/C89H62BN3/c1-88(2,3)65-52-69(59-33-15-6-16-34-59)86(70(53-65)60-35-17-7-18-36-60)93-80-54-72-71-49-61(57-29-11-4-12-30-57)47-48-78(71)91(66-41-23-10-24-42-66)79(72)56-75(80)90-76-55-74-83(67-43-25-27-45-73(67)89(74,63-37-19-8-20-38-63)64-39-21-9-22-40-64)84-68-44-26-28-46-77(68)92(87(76)84)81-50-62(51-82(93)85(81)90)58-31-13-5-14-32-58/h4-56H,1-3H3. The summed E-state index contributed by atoms with van der Waals surface area (Å²) in [6.07, 6.45) is 0. The van der Waals surface area contributed by atoms with Gasteiger partial charge in [-0.25, -0.2) is 0 Å². The topological polar surface area (TPSA) is 13.1 Å². The summed E-state index contributed by atoms with van der Waals surface area (Å²) in [5.41, 5.74) is 31.9. The van der Waals surface area contributed by atoms with Crippen molar-refractivity contribution in [2.45, 2.75) is 31.6 Å². The average molecular weight is 1180 g/mol. The first kappa shape index (κ1) is 53.4. The summed E-state index contributed by atoms with van der Waals surface area (Å²) in [7, 11) is 0. The zero-order valence-corrected chi connectivity index (χ0v) is 52.0. The van der Waals surface area contributed by atoms with Crippen molar-refractivity contribution in [2.24, 2.45) is 0 Å². The molecule has 16 aromatic rings. The van der Waals surface area contributed by atoms with Crippen molar-refractivity contribution < 1.29 is 0 Å². The van der Waals surface area contributed by atoms with E-state index in [1.54, 1.807) is 0 Å². The third-order valence-corrected chi connectivity index (χ3v) is 20.7. The Morgan fingerprint density at radius 2 is 0.849 bits per heavy atom. The fourth-order valence-electron chi connectivity index (χ4n) is 16.7. The summed E-state index contributed by atoms with van der Waals surface area (Å²) in [4.78, 5) is 2.73. The number of anilines is 3. The predicted octanol–water partition coefficient (Wildman–Crippen LogP) is 20.8. The van der Waals surface area contributed by atoms with Gasteiger partial charge in [0.1, 0.15) is 0 Å². The second-order valence-electron chi connectivity index (χ2n) is 26.7. The van der Waals surface area contributed by atoms with Gasteiger partial charge in [0.15, 0.2) is 0 Å². The number of benzene rings is 14. The Balaban J connectivity index is 1.04. The van der Waals surface area contributed by atoms with E-state index in [9.17, 15) is 0 Å². The molecule has 0 N–H and O–H groups in total. The Kier molecular flexibility index (Phi) is 11.6. The highest BCUT2D eigenvalue weighted by molar-refractivity contribution is 7.00. The summed E-state index contributed by atoms with van der Waals surface area (Å²) in [6, 6.07) is 122. The minimum Gasteiger partial charge on any atom is -0.310 e. The molecule has 436 valence electrons. The van der Waals surface area contributed by atoms with E-state index in [0.29, 0.717) is 0 Å². The molecule has 0 atom stereocenters. The van der Waals surface area contributed by atoms with Crippen LogP contribution in [0.15, 0.2) is 322 Å². The molecule has 0 fully saturated rings. The fourth-order valence-corrected chi connectivity index (χ4v) is 16.7. The molecule has 3 nitrogen and oxygen atoms in total. The van der Waals surface area contributed by atoms with Gasteiger partial charge in [-0.05, 0) is 161 Å². The van der Waals surface area contributed by atoms with Crippen LogP contribution in [0.25, 0.3) is 111 Å². The second kappa shape index (κ2) is 20.3. The second-order valence-corrected chi connectivity index (χ2v) is 26.7. The summed E-state index contributed by atoms with van der Waals surface area (Å²) in [6.45, 7) is 6.82. The monoisotopic (exact) mass is 1180 g/mol. The maximum absolute atomic E-state index is 2.73. The molecular weight excluding hydrogens is 1120 g/mol. The molecule has 0 radical (unpaired) electrons. The molecule has 2 aliphatic heterocycles. The van der Waals surface area contributed by atoms with Crippen LogP contribution in [0.4, 0.5) is 17.1 Å². The van der Waals surface area contributed by atoms with Crippen molar-refractivity contribution in [3.05, 3.63) is 349 Å². The Morgan fingerprint density at radius 1 is 0.333 bits per heavy atom. The van der Waals surface area contributed by atoms with Crippen LogP contribution in [0.1, 0.15) is 48.6 Å². The van der Waals surface area contributed by atoms with Crippen molar-refractivity contribution in [1.82, 2.24) is 9.13 Å². The molecule has 0 saturated heterocycles. The normalized spacial score (nSPS) is 13.4. The van der Waals surface area contributed by atoms with Crippen molar-refractivity contribution in [2.75, 3.05) is 4.90 Å². The Labute approximate surface area is 542 Å². The number of rotatable bonds is 8. The largest absolute Gasteiger partial charge is 0.310 e. The molecule has 14 aromatic carbocycles. The molecule has 1 aliphatic carbocycles. The quantitative estimate of drug-likeness (QED) is 0.138. The summed E-state index contributed by atoms with van der Waals surface area (Å²) < 4.78 is 5.22. The van der Waals surface area contributed by atoms with E-state index in [-0.39, 0.29) is 12.1 Å². The number of nitrogens with zero attached hydrogens (tertiary/aromatic N) is 3. The summed E-state index contributed by atoms with van der Waals surface area (Å²) >= 11 is 0. The van der Waals surface area contributed by atoms with Crippen LogP contribution in [0, 0.1) is 0 Å². The molecule has 0 unspecified atom stereocenters. The van der Waals surface area contributed by atoms with Gasteiger partial charge < -0.3 is 14.0 Å². The highest BCUT2D eigenvalue weighted by Gasteiger charge is 2.51. The zero-order valence-electron chi connectivity index (χ0n) is 52.0. The number of fused-ring (bicyclic) bond motifs is 14. The van der Waals surface area contributed by atoms with Crippen molar-refractivity contribution >= 4 is 83.8 Å². The van der Waals surface area contributed by atoms with E-state index in [0.717, 1.165) is 33.8 Å². The third kappa shape index (κ3) is 7.73. The lowest BCUT2D eigenvalue weighted by Gasteiger charge is -2.43. The number of hydrogen-bond donors (Lipinski definition) is 0. The van der Waals surface area contributed by atoms with Crippen LogP contribution in [-0.4, -0.2) is 15.8 Å². The smallest absolute Gasteiger partial charge is 0.252 e. The SMILES string of the molecule is CC(C)(C)c1cc(-c2ccccc2)c(N2c3cc4c5cc(-c6ccccc6)ccc5n(-c5ccccc5)c4cc3B3c4c2cc(-c2ccccc2)cc4-n2c4ccccc4c4c5c(cc3c42)C(c2ccccc2)(c2ccccc2)c2ccccc2-5)c(-c2ccccc2)c1. The Hall–Kier alpha value is -11.5. The first-order valence-corrected chi connectivity index (χ1v) is 32.7. The van der Waals surface area contributed by atoms with Gasteiger partial charge in [-0.15, -0.1) is 0 Å². The predicted molar refractivity (Wildman–Crippen MR) is 392 cm³/mol. The van der Waals surface area contributed by atoms with Gasteiger partial charge in [0.2, 0.25) is 0 Å². The first-order chi connectivity index (χ1) is 45.8. The minimum absolute atomic E-state index is 0.177. The van der Waals surface area contributed by atoms with E-state index < -0.39 is 5.41 Å². The van der Waals surface area contributed by atoms with E-state index in [2.05, 4.69) is 356 Å². The van der Waals surface area contributed by atoms with E-state index in [1.807, 2.05) is 0 Å². The van der Waals surface area contributed by atoms with Crippen LogP contribution < -0.4 is 21.3 Å². The minimum atomic E-state index is -0.656. The van der Waals surface area contributed by atoms with Gasteiger partial charge in [0.25, 0.3) is 6.71 Å². The fraction of sp³-hybridized carbons (Fsp3) is 0.0562. The molecule has 0 spiro atoms. The van der Waals surface area contributed by atoms with E-state index in [1.165, 1.54) is 138 Å².